The zero-order valence-corrected chi connectivity index (χ0v) is 5.95. The van der Waals surface area contributed by atoms with E-state index in [2.05, 4.69) is 6.11 Å². The van der Waals surface area contributed by atoms with Crippen LogP contribution in [0.4, 0.5) is 0 Å². The fourth-order valence-electron chi connectivity index (χ4n) is 0.731. The molecule has 0 heterocycles. The minimum absolute atomic E-state index is 0.0380. The molecule has 0 aromatic heterocycles. The maximum absolute atomic E-state index is 8.68. The Morgan fingerprint density at radius 3 is 2.45 bits per heavy atom. The lowest BCUT2D eigenvalue weighted by Crippen LogP contribution is -1.84. The predicted octanol–water partition coefficient (Wildman–Crippen LogP) is 1.15. The van der Waals surface area contributed by atoms with E-state index in [0.29, 0.717) is 5.75 Å². The van der Waals surface area contributed by atoms with E-state index < -0.39 is 0 Å². The first-order valence-electron chi connectivity index (χ1n) is 3.19. The van der Waals surface area contributed by atoms with E-state index in [1.165, 1.54) is 0 Å². The SMILES string of the molecule is C#COc1ccc(CO)cc1. The van der Waals surface area contributed by atoms with Crippen molar-refractivity contribution < 1.29 is 9.84 Å². The molecule has 2 heteroatoms. The number of hydrogen-bond acceptors (Lipinski definition) is 2. The highest BCUT2D eigenvalue weighted by Crippen LogP contribution is 2.11. The standard InChI is InChI=1S/C9H8O2/c1-2-11-9-5-3-8(7-10)4-6-9/h1,3-6,10H,7H2. The fraction of sp³-hybridized carbons (Fsp3) is 0.111. The molecule has 1 aromatic carbocycles. The monoisotopic (exact) mass is 148 g/mol. The Morgan fingerprint density at radius 1 is 1.36 bits per heavy atom. The second kappa shape index (κ2) is 3.65. The average molecular weight is 148 g/mol. The van der Waals surface area contributed by atoms with E-state index in [1.54, 1.807) is 24.3 Å². The van der Waals surface area contributed by atoms with Crippen molar-refractivity contribution in [1.82, 2.24) is 0 Å². The van der Waals surface area contributed by atoms with Gasteiger partial charge in [-0.25, -0.2) is 0 Å². The summed E-state index contributed by atoms with van der Waals surface area (Å²) in [4.78, 5) is 0. The lowest BCUT2D eigenvalue weighted by Gasteiger charge is -1.97. The van der Waals surface area contributed by atoms with Gasteiger partial charge in [0.05, 0.1) is 6.61 Å². The highest BCUT2D eigenvalue weighted by atomic mass is 16.5. The first kappa shape index (κ1) is 7.64. The Hall–Kier alpha value is -1.46. The van der Waals surface area contributed by atoms with Crippen LogP contribution in [0.15, 0.2) is 24.3 Å². The van der Waals surface area contributed by atoms with Crippen LogP contribution in [-0.2, 0) is 6.61 Å². The van der Waals surface area contributed by atoms with E-state index in [4.69, 9.17) is 16.3 Å². The number of ether oxygens (including phenoxy) is 1. The van der Waals surface area contributed by atoms with Gasteiger partial charge in [0, 0.05) is 0 Å². The molecular weight excluding hydrogens is 140 g/mol. The number of aliphatic hydroxyl groups is 1. The van der Waals surface area contributed by atoms with Gasteiger partial charge in [-0.2, -0.15) is 0 Å². The smallest absolute Gasteiger partial charge is 0.140 e. The van der Waals surface area contributed by atoms with Crippen molar-refractivity contribution in [2.75, 3.05) is 0 Å². The third kappa shape index (κ3) is 1.99. The van der Waals surface area contributed by atoms with Crippen LogP contribution in [-0.4, -0.2) is 5.11 Å². The van der Waals surface area contributed by atoms with Gasteiger partial charge in [0.25, 0.3) is 0 Å². The van der Waals surface area contributed by atoms with Crippen molar-refractivity contribution >= 4 is 0 Å². The molecule has 0 bridgehead atoms. The molecule has 1 aromatic rings. The van der Waals surface area contributed by atoms with Gasteiger partial charge in [0.2, 0.25) is 0 Å². The quantitative estimate of drug-likeness (QED) is 0.637. The summed E-state index contributed by atoms with van der Waals surface area (Å²) >= 11 is 0. The maximum Gasteiger partial charge on any atom is 0.140 e. The van der Waals surface area contributed by atoms with Gasteiger partial charge in [-0.1, -0.05) is 18.6 Å². The number of terminal acetylenes is 1. The summed E-state index contributed by atoms with van der Waals surface area (Å²) in [6.45, 7) is 0.0380. The van der Waals surface area contributed by atoms with Gasteiger partial charge in [0.15, 0.2) is 0 Å². The van der Waals surface area contributed by atoms with E-state index in [-0.39, 0.29) is 6.61 Å². The summed E-state index contributed by atoms with van der Waals surface area (Å²) in [7, 11) is 0. The largest absolute Gasteiger partial charge is 0.408 e. The van der Waals surface area contributed by atoms with E-state index >= 15 is 0 Å². The van der Waals surface area contributed by atoms with Crippen LogP contribution in [0.25, 0.3) is 0 Å². The molecule has 0 atom stereocenters. The van der Waals surface area contributed by atoms with Crippen molar-refractivity contribution in [2.45, 2.75) is 6.61 Å². The number of aliphatic hydroxyl groups excluding tert-OH is 1. The van der Waals surface area contributed by atoms with Gasteiger partial charge in [-0.15, -0.1) is 0 Å². The molecule has 56 valence electrons. The maximum atomic E-state index is 8.68. The summed E-state index contributed by atoms with van der Waals surface area (Å²) in [6, 6.07) is 6.94. The summed E-state index contributed by atoms with van der Waals surface area (Å²) < 4.78 is 4.75. The summed E-state index contributed by atoms with van der Waals surface area (Å²) in [5, 5.41) is 8.68. The van der Waals surface area contributed by atoms with Crippen LogP contribution in [0, 0.1) is 12.5 Å². The Morgan fingerprint density at radius 2 is 2.00 bits per heavy atom. The Bertz CT molecular complexity index is 256. The van der Waals surface area contributed by atoms with Crippen LogP contribution in [0.3, 0.4) is 0 Å². The molecule has 0 aliphatic carbocycles. The molecule has 1 rings (SSSR count). The molecule has 0 amide bonds. The third-order valence-corrected chi connectivity index (χ3v) is 1.28. The third-order valence-electron chi connectivity index (χ3n) is 1.28. The molecule has 0 saturated heterocycles. The van der Waals surface area contributed by atoms with Gasteiger partial charge < -0.3 is 9.84 Å². The van der Waals surface area contributed by atoms with Crippen molar-refractivity contribution in [3.8, 4) is 18.3 Å². The van der Waals surface area contributed by atoms with E-state index in [1.807, 2.05) is 0 Å². The van der Waals surface area contributed by atoms with Crippen molar-refractivity contribution in [3.63, 3.8) is 0 Å². The van der Waals surface area contributed by atoms with Crippen LogP contribution >= 0.6 is 0 Å². The molecule has 0 aliphatic heterocycles. The molecule has 1 N–H and O–H groups in total. The minimum atomic E-state index is 0.0380. The van der Waals surface area contributed by atoms with Gasteiger partial charge in [0.1, 0.15) is 11.9 Å². The molecule has 2 nitrogen and oxygen atoms in total. The van der Waals surface area contributed by atoms with E-state index in [0.717, 1.165) is 5.56 Å². The normalized spacial score (nSPS) is 8.73. The molecule has 0 radical (unpaired) electrons. The molecule has 0 aliphatic rings. The topological polar surface area (TPSA) is 29.5 Å². The molecule has 0 saturated carbocycles. The Balaban J connectivity index is 2.76. The highest BCUT2D eigenvalue weighted by molar-refractivity contribution is 5.27. The van der Waals surface area contributed by atoms with Gasteiger partial charge in [-0.05, 0) is 17.7 Å². The zero-order valence-electron chi connectivity index (χ0n) is 5.95. The second-order valence-corrected chi connectivity index (χ2v) is 2.02. The zero-order chi connectivity index (χ0) is 8.10. The van der Waals surface area contributed by atoms with Crippen molar-refractivity contribution in [2.24, 2.45) is 0 Å². The molecule has 0 unspecified atom stereocenters. The molecule has 0 spiro atoms. The first-order valence-corrected chi connectivity index (χ1v) is 3.19. The lowest BCUT2D eigenvalue weighted by molar-refractivity contribution is 0.281. The average Bonchev–Trinajstić information content (AvgIpc) is 2.07. The summed E-state index contributed by atoms with van der Waals surface area (Å²) in [5.41, 5.74) is 0.842. The Labute approximate surface area is 65.4 Å². The minimum Gasteiger partial charge on any atom is -0.408 e. The van der Waals surface area contributed by atoms with Crippen LogP contribution < -0.4 is 4.74 Å². The van der Waals surface area contributed by atoms with Gasteiger partial charge in [-0.3, -0.25) is 0 Å². The van der Waals surface area contributed by atoms with Crippen LogP contribution in [0.5, 0.6) is 5.75 Å². The highest BCUT2D eigenvalue weighted by Gasteiger charge is 1.91. The summed E-state index contributed by atoms with van der Waals surface area (Å²) in [5.74, 6) is 0.615. The van der Waals surface area contributed by atoms with Crippen LogP contribution in [0.2, 0.25) is 0 Å². The molecule has 0 fully saturated rings. The van der Waals surface area contributed by atoms with Crippen molar-refractivity contribution in [1.29, 1.82) is 0 Å². The van der Waals surface area contributed by atoms with E-state index in [9.17, 15) is 0 Å². The lowest BCUT2D eigenvalue weighted by atomic mass is 10.2. The van der Waals surface area contributed by atoms with Crippen LogP contribution in [0.1, 0.15) is 5.56 Å². The summed E-state index contributed by atoms with van der Waals surface area (Å²) in [6.07, 6.45) is 6.97. The molecular formula is C9H8O2. The Kier molecular flexibility index (Phi) is 2.53. The first-order chi connectivity index (χ1) is 5.36. The number of hydrogen-bond donors (Lipinski definition) is 1. The molecule has 11 heavy (non-hydrogen) atoms. The predicted molar refractivity (Wildman–Crippen MR) is 41.8 cm³/mol. The number of rotatable bonds is 2. The van der Waals surface area contributed by atoms with Crippen molar-refractivity contribution in [3.05, 3.63) is 29.8 Å². The number of benzene rings is 1. The second-order valence-electron chi connectivity index (χ2n) is 2.02. The fourth-order valence-corrected chi connectivity index (χ4v) is 0.731. The van der Waals surface area contributed by atoms with Gasteiger partial charge >= 0.3 is 0 Å².